The van der Waals surface area contributed by atoms with Gasteiger partial charge in [0, 0.05) is 43.2 Å². The van der Waals surface area contributed by atoms with Crippen LogP contribution in [0.5, 0.6) is 0 Å². The molecule has 3 N–H and O–H groups in total. The fourth-order valence-electron chi connectivity index (χ4n) is 4.39. The summed E-state index contributed by atoms with van der Waals surface area (Å²) in [4.78, 5) is 34.4. The first kappa shape index (κ1) is 20.4. The molecular weight excluding hydrogens is 428 g/mol. The molecule has 1 fully saturated rings. The van der Waals surface area contributed by atoms with Crippen LogP contribution in [-0.2, 0) is 4.79 Å². The molecule has 1 unspecified atom stereocenters. The number of nitrogens with one attached hydrogen (secondary N) is 3. The number of pyridine rings is 1. The Bertz CT molecular complexity index is 1310. The van der Waals surface area contributed by atoms with Crippen molar-refractivity contribution in [2.24, 2.45) is 0 Å². The van der Waals surface area contributed by atoms with Crippen molar-refractivity contribution in [3.63, 3.8) is 0 Å². The Labute approximate surface area is 189 Å². The molecule has 1 aliphatic heterocycles. The highest BCUT2D eigenvalue weighted by Crippen LogP contribution is 2.40. The summed E-state index contributed by atoms with van der Waals surface area (Å²) in [7, 11) is 0. The molecule has 0 spiro atoms. The van der Waals surface area contributed by atoms with E-state index in [1.807, 2.05) is 18.2 Å². The van der Waals surface area contributed by atoms with Gasteiger partial charge in [-0.25, -0.2) is 15.0 Å². The molecule has 0 saturated carbocycles. The molecule has 164 valence electrons. The van der Waals surface area contributed by atoms with E-state index < -0.39 is 0 Å². The van der Waals surface area contributed by atoms with Crippen LogP contribution in [0.1, 0.15) is 31.9 Å². The third-order valence-electron chi connectivity index (χ3n) is 5.80. The number of anilines is 2. The van der Waals surface area contributed by atoms with Crippen LogP contribution in [0.4, 0.5) is 11.5 Å². The molecule has 0 bridgehead atoms. The van der Waals surface area contributed by atoms with Crippen molar-refractivity contribution in [3.8, 4) is 0 Å². The lowest BCUT2D eigenvalue weighted by atomic mass is 10.0. The quantitative estimate of drug-likeness (QED) is 0.427. The fourth-order valence-corrected chi connectivity index (χ4v) is 4.66. The standard InChI is InChI=1S/C22H23ClN8O/c1-12(29-22-19-21(26-10-25-19)27-11-28-22)16-8-17(23)15-4-3-6-24-18(15)20(16)31-7-5-14(9-31)30-13(2)32/h3-4,6,8,10-12,14H,5,7,9H2,1-2H3,(H,30,32)(H2,25,26,27,28,29)/t12?,14-/m0/s1. The zero-order valence-electron chi connectivity index (χ0n) is 17.8. The molecular formula is C22H23ClN8O. The molecule has 0 radical (unpaired) electrons. The van der Waals surface area contributed by atoms with Gasteiger partial charge in [0.05, 0.1) is 28.6 Å². The summed E-state index contributed by atoms with van der Waals surface area (Å²) in [6.07, 6.45) is 5.75. The molecule has 10 heteroatoms. The number of hydrogen-bond acceptors (Lipinski definition) is 7. The van der Waals surface area contributed by atoms with E-state index in [0.717, 1.165) is 40.6 Å². The molecule has 3 aromatic heterocycles. The molecule has 32 heavy (non-hydrogen) atoms. The molecule has 0 aliphatic carbocycles. The van der Waals surface area contributed by atoms with Crippen LogP contribution in [0.3, 0.4) is 0 Å². The minimum atomic E-state index is -0.130. The number of carbonyl (C=O) groups is 1. The van der Waals surface area contributed by atoms with E-state index in [-0.39, 0.29) is 18.0 Å². The Morgan fingerprint density at radius 2 is 2.19 bits per heavy atom. The van der Waals surface area contributed by atoms with Gasteiger partial charge in [-0.05, 0) is 31.5 Å². The first-order valence-corrected chi connectivity index (χ1v) is 10.9. The van der Waals surface area contributed by atoms with Gasteiger partial charge in [-0.1, -0.05) is 11.6 Å². The number of benzene rings is 1. The van der Waals surface area contributed by atoms with Crippen molar-refractivity contribution in [1.29, 1.82) is 0 Å². The third kappa shape index (κ3) is 3.69. The van der Waals surface area contributed by atoms with E-state index in [9.17, 15) is 4.79 Å². The maximum Gasteiger partial charge on any atom is 0.217 e. The Kier molecular flexibility index (Phi) is 5.26. The van der Waals surface area contributed by atoms with Gasteiger partial charge in [-0.3, -0.25) is 9.78 Å². The molecule has 1 amide bonds. The number of carbonyl (C=O) groups excluding carboxylic acids is 1. The third-order valence-corrected chi connectivity index (χ3v) is 6.11. The molecule has 2 atom stereocenters. The van der Waals surface area contributed by atoms with E-state index in [4.69, 9.17) is 11.6 Å². The monoisotopic (exact) mass is 450 g/mol. The minimum Gasteiger partial charge on any atom is -0.367 e. The minimum absolute atomic E-state index is 0.0152. The van der Waals surface area contributed by atoms with Crippen molar-refractivity contribution in [2.45, 2.75) is 32.4 Å². The van der Waals surface area contributed by atoms with Crippen molar-refractivity contribution < 1.29 is 4.79 Å². The van der Waals surface area contributed by atoms with Crippen molar-refractivity contribution in [1.82, 2.24) is 30.2 Å². The Morgan fingerprint density at radius 3 is 3.03 bits per heavy atom. The highest BCUT2D eigenvalue weighted by atomic mass is 35.5. The van der Waals surface area contributed by atoms with E-state index in [1.54, 1.807) is 19.4 Å². The zero-order chi connectivity index (χ0) is 22.2. The second-order valence-corrected chi connectivity index (χ2v) is 8.42. The molecule has 4 aromatic rings. The number of rotatable bonds is 5. The second kappa shape index (κ2) is 8.23. The Hall–Kier alpha value is -3.46. The molecule has 1 saturated heterocycles. The molecule has 5 rings (SSSR count). The average molecular weight is 451 g/mol. The number of imidazole rings is 1. The first-order valence-electron chi connectivity index (χ1n) is 10.5. The Balaban J connectivity index is 1.57. The summed E-state index contributed by atoms with van der Waals surface area (Å²) < 4.78 is 0. The van der Waals surface area contributed by atoms with Gasteiger partial charge in [-0.2, -0.15) is 0 Å². The lowest BCUT2D eigenvalue weighted by Gasteiger charge is -2.27. The zero-order valence-corrected chi connectivity index (χ0v) is 18.5. The maximum atomic E-state index is 11.6. The van der Waals surface area contributed by atoms with Crippen LogP contribution in [0, 0.1) is 0 Å². The van der Waals surface area contributed by atoms with Gasteiger partial charge >= 0.3 is 0 Å². The van der Waals surface area contributed by atoms with Crippen molar-refractivity contribution in [3.05, 3.63) is 47.6 Å². The van der Waals surface area contributed by atoms with Gasteiger partial charge in [-0.15, -0.1) is 0 Å². The van der Waals surface area contributed by atoms with Crippen LogP contribution in [-0.4, -0.2) is 50.0 Å². The summed E-state index contributed by atoms with van der Waals surface area (Å²) in [6.45, 7) is 5.15. The van der Waals surface area contributed by atoms with Gasteiger partial charge in [0.2, 0.25) is 5.91 Å². The maximum absolute atomic E-state index is 11.6. The summed E-state index contributed by atoms with van der Waals surface area (Å²) >= 11 is 6.68. The van der Waals surface area contributed by atoms with E-state index in [1.165, 1.54) is 6.33 Å². The number of halogens is 1. The smallest absolute Gasteiger partial charge is 0.217 e. The van der Waals surface area contributed by atoms with Crippen LogP contribution in [0.2, 0.25) is 5.02 Å². The van der Waals surface area contributed by atoms with Crippen LogP contribution in [0.25, 0.3) is 22.1 Å². The van der Waals surface area contributed by atoms with E-state index in [2.05, 4.69) is 47.4 Å². The summed E-state index contributed by atoms with van der Waals surface area (Å²) in [6, 6.07) is 5.84. The average Bonchev–Trinajstić information content (AvgIpc) is 3.43. The predicted octanol–water partition coefficient (Wildman–Crippen LogP) is 3.44. The largest absolute Gasteiger partial charge is 0.367 e. The van der Waals surface area contributed by atoms with Crippen LogP contribution in [0.15, 0.2) is 37.1 Å². The normalized spacial score (nSPS) is 17.1. The summed E-state index contributed by atoms with van der Waals surface area (Å²) in [5.74, 6) is 0.652. The molecule has 9 nitrogen and oxygen atoms in total. The van der Waals surface area contributed by atoms with Crippen molar-refractivity contribution in [2.75, 3.05) is 23.3 Å². The predicted molar refractivity (Wildman–Crippen MR) is 125 cm³/mol. The fraction of sp³-hybridized carbons (Fsp3) is 0.318. The highest BCUT2D eigenvalue weighted by molar-refractivity contribution is 6.36. The van der Waals surface area contributed by atoms with Crippen LogP contribution < -0.4 is 15.5 Å². The molecule has 4 heterocycles. The van der Waals surface area contributed by atoms with Gasteiger partial charge in [0.25, 0.3) is 0 Å². The number of fused-ring (bicyclic) bond motifs is 2. The van der Waals surface area contributed by atoms with Gasteiger partial charge in [0.1, 0.15) is 11.8 Å². The number of aromatic nitrogens is 5. The Morgan fingerprint density at radius 1 is 1.31 bits per heavy atom. The summed E-state index contributed by atoms with van der Waals surface area (Å²) in [5.41, 5.74) is 4.23. The number of hydrogen-bond donors (Lipinski definition) is 3. The lowest BCUT2D eigenvalue weighted by molar-refractivity contribution is -0.119. The lowest BCUT2D eigenvalue weighted by Crippen LogP contribution is -2.35. The van der Waals surface area contributed by atoms with E-state index in [0.29, 0.717) is 23.0 Å². The highest BCUT2D eigenvalue weighted by Gasteiger charge is 2.29. The van der Waals surface area contributed by atoms with E-state index >= 15 is 0 Å². The molecule has 1 aliphatic rings. The first-order chi connectivity index (χ1) is 15.5. The number of H-pyrrole nitrogens is 1. The number of aromatic amines is 1. The molecule has 1 aromatic carbocycles. The number of amides is 1. The number of nitrogens with zero attached hydrogens (tertiary/aromatic N) is 5. The summed E-state index contributed by atoms with van der Waals surface area (Å²) in [5, 5.41) is 8.07. The van der Waals surface area contributed by atoms with Crippen LogP contribution >= 0.6 is 11.6 Å². The second-order valence-electron chi connectivity index (χ2n) is 8.02. The topological polar surface area (TPSA) is 112 Å². The van der Waals surface area contributed by atoms with Crippen molar-refractivity contribution >= 4 is 51.1 Å². The van der Waals surface area contributed by atoms with Gasteiger partial charge < -0.3 is 20.5 Å². The SMILES string of the molecule is CC(=O)N[C@H]1CCN(c2c(C(C)Nc3ncnc4nc[nH]c34)cc(Cl)c3cccnc23)C1. The van der Waals surface area contributed by atoms with Gasteiger partial charge in [0.15, 0.2) is 11.5 Å².